The number of allylic oxidation sites excluding steroid dienone is 3. The van der Waals surface area contributed by atoms with Crippen molar-refractivity contribution in [3.63, 3.8) is 0 Å². The number of rotatable bonds is 8. The van der Waals surface area contributed by atoms with Crippen molar-refractivity contribution in [1.29, 1.82) is 0 Å². The molecule has 1 nitrogen and oxygen atoms in total. The van der Waals surface area contributed by atoms with E-state index in [4.69, 9.17) is 0 Å². The van der Waals surface area contributed by atoms with Crippen LogP contribution in [0.3, 0.4) is 0 Å². The van der Waals surface area contributed by atoms with E-state index in [0.717, 1.165) is 32.8 Å². The quantitative estimate of drug-likeness (QED) is 0.201. The summed E-state index contributed by atoms with van der Waals surface area (Å²) in [6.07, 6.45) is -1.33. The molecule has 0 heterocycles. The smallest absolute Gasteiger partial charge is 0.429 e. The predicted octanol–water partition coefficient (Wildman–Crippen LogP) is 9.37. The van der Waals surface area contributed by atoms with Crippen LogP contribution in [0.1, 0.15) is 68.6 Å². The molecule has 0 aromatic heterocycles. The van der Waals surface area contributed by atoms with Gasteiger partial charge in [-0.05, 0) is 73.9 Å². The lowest BCUT2D eigenvalue weighted by Crippen LogP contribution is -2.21. The topological polar surface area (TPSA) is 9.23 Å². The maximum atomic E-state index is 15.0. The van der Waals surface area contributed by atoms with Gasteiger partial charge >= 0.3 is 6.11 Å². The van der Waals surface area contributed by atoms with Gasteiger partial charge in [-0.2, -0.15) is 8.78 Å². The first kappa shape index (κ1) is 26.9. The third-order valence-corrected chi connectivity index (χ3v) is 6.20. The molecular weight excluding hydrogens is 466 g/mol. The zero-order valence-corrected chi connectivity index (χ0v) is 20.1. The first-order valence-corrected chi connectivity index (χ1v) is 11.8. The molecule has 0 amide bonds. The second kappa shape index (κ2) is 11.4. The first-order valence-electron chi connectivity index (χ1n) is 11.8. The normalized spacial score (nSPS) is 17.9. The number of alkyl halides is 4. The zero-order valence-electron chi connectivity index (χ0n) is 20.1. The molecule has 0 spiro atoms. The molecule has 0 saturated heterocycles. The van der Waals surface area contributed by atoms with Gasteiger partial charge < -0.3 is 4.74 Å². The van der Waals surface area contributed by atoms with Crippen LogP contribution in [0.2, 0.25) is 0 Å². The summed E-state index contributed by atoms with van der Waals surface area (Å²) >= 11 is 0. The average Bonchev–Trinajstić information content (AvgIpc) is 2.78. The molecule has 190 valence electrons. The molecule has 0 bridgehead atoms. The number of ether oxygens (including phenoxy) is 1. The third kappa shape index (κ3) is 6.92. The summed E-state index contributed by atoms with van der Waals surface area (Å²) in [7, 11) is 0. The Hall–Kier alpha value is -2.70. The molecule has 2 unspecified atom stereocenters. The molecule has 1 fully saturated rings. The van der Waals surface area contributed by atoms with Crippen molar-refractivity contribution in [1.82, 2.24) is 0 Å². The summed E-state index contributed by atoms with van der Waals surface area (Å²) in [5, 5.41) is 0. The molecule has 2 aromatic carbocycles. The van der Waals surface area contributed by atoms with Gasteiger partial charge in [0.15, 0.2) is 0 Å². The van der Waals surface area contributed by atoms with Crippen molar-refractivity contribution in [3.8, 4) is 11.1 Å². The molecule has 0 radical (unpaired) electrons. The Morgan fingerprint density at radius 3 is 2.17 bits per heavy atom. The second-order valence-corrected chi connectivity index (χ2v) is 9.12. The molecule has 1 saturated carbocycles. The third-order valence-electron chi connectivity index (χ3n) is 6.20. The van der Waals surface area contributed by atoms with Gasteiger partial charge in [-0.3, -0.25) is 0 Å². The van der Waals surface area contributed by atoms with Crippen molar-refractivity contribution in [2.24, 2.45) is 0 Å². The van der Waals surface area contributed by atoms with Crippen molar-refractivity contribution >= 4 is 0 Å². The zero-order chi connectivity index (χ0) is 25.8. The molecule has 0 N–H and O–H groups in total. The fraction of sp³-hybridized carbons (Fsp3) is 0.429. The SMILES string of the molecule is Cc1cc(-c2ccc(C3CCCCC3)cc2)cc(F)c1C(F)(F)OC(=C/C(C)F)/C=C(/F)C(C)F. The van der Waals surface area contributed by atoms with Gasteiger partial charge in [0.25, 0.3) is 0 Å². The average molecular weight is 497 g/mol. The van der Waals surface area contributed by atoms with Crippen LogP contribution in [0.4, 0.5) is 26.3 Å². The van der Waals surface area contributed by atoms with Crippen LogP contribution in [-0.4, -0.2) is 12.3 Å². The minimum absolute atomic E-state index is 0.0997. The lowest BCUT2D eigenvalue weighted by molar-refractivity contribution is -0.223. The molecule has 2 atom stereocenters. The second-order valence-electron chi connectivity index (χ2n) is 9.12. The van der Waals surface area contributed by atoms with Gasteiger partial charge in [-0.25, -0.2) is 17.6 Å². The van der Waals surface area contributed by atoms with Crippen LogP contribution < -0.4 is 0 Å². The number of hydrogen-bond donors (Lipinski definition) is 0. The van der Waals surface area contributed by atoms with E-state index in [-0.39, 0.29) is 5.56 Å². The van der Waals surface area contributed by atoms with Crippen molar-refractivity contribution in [2.45, 2.75) is 77.2 Å². The number of halogens is 6. The number of aryl methyl sites for hydroxylation is 1. The highest BCUT2D eigenvalue weighted by Crippen LogP contribution is 2.39. The van der Waals surface area contributed by atoms with E-state index < -0.39 is 41.4 Å². The van der Waals surface area contributed by atoms with Crippen molar-refractivity contribution in [2.75, 3.05) is 0 Å². The monoisotopic (exact) mass is 496 g/mol. The highest BCUT2D eigenvalue weighted by molar-refractivity contribution is 5.65. The van der Waals surface area contributed by atoms with Crippen LogP contribution >= 0.6 is 0 Å². The minimum atomic E-state index is -4.26. The Morgan fingerprint density at radius 2 is 1.63 bits per heavy atom. The Balaban J connectivity index is 1.88. The van der Waals surface area contributed by atoms with E-state index in [2.05, 4.69) is 4.74 Å². The fourth-order valence-electron chi connectivity index (χ4n) is 4.45. The van der Waals surface area contributed by atoms with Crippen LogP contribution in [0.5, 0.6) is 0 Å². The highest BCUT2D eigenvalue weighted by atomic mass is 19.3. The Kier molecular flexibility index (Phi) is 8.73. The summed E-state index contributed by atoms with van der Waals surface area (Å²) in [4.78, 5) is 0. The summed E-state index contributed by atoms with van der Waals surface area (Å²) in [6.45, 7) is 3.16. The van der Waals surface area contributed by atoms with Gasteiger partial charge in [0.05, 0.1) is 0 Å². The summed E-state index contributed by atoms with van der Waals surface area (Å²) in [5.74, 6) is -3.08. The maximum absolute atomic E-state index is 15.0. The van der Waals surface area contributed by atoms with E-state index in [1.165, 1.54) is 37.8 Å². The van der Waals surface area contributed by atoms with Crippen LogP contribution in [0.15, 0.2) is 60.1 Å². The summed E-state index contributed by atoms with van der Waals surface area (Å²) in [6, 6.07) is 10.1. The molecule has 2 aromatic rings. The van der Waals surface area contributed by atoms with Gasteiger partial charge in [0.1, 0.15) is 35.3 Å². The number of hydrogen-bond acceptors (Lipinski definition) is 1. The largest absolute Gasteiger partial charge is 0.429 e. The van der Waals surface area contributed by atoms with E-state index >= 15 is 0 Å². The molecule has 35 heavy (non-hydrogen) atoms. The standard InChI is InChI=1S/C28H30F6O/c1-17-13-23(22-11-9-21(10-12-22)20-7-5-4-6-8-20)15-26(32)27(17)28(33,34)35-24(14-18(2)29)16-25(31)19(3)30/h9-16,18-20H,4-8H2,1-3H3/b24-14+,25-16+. The lowest BCUT2D eigenvalue weighted by Gasteiger charge is -2.23. The van der Waals surface area contributed by atoms with Gasteiger partial charge in [0.2, 0.25) is 0 Å². The van der Waals surface area contributed by atoms with Crippen molar-refractivity contribution < 1.29 is 31.1 Å². The van der Waals surface area contributed by atoms with E-state index in [1.807, 2.05) is 24.3 Å². The molecule has 1 aliphatic carbocycles. The molecule has 3 rings (SSSR count). The Labute approximate surface area is 202 Å². The van der Waals surface area contributed by atoms with Crippen LogP contribution in [-0.2, 0) is 10.8 Å². The van der Waals surface area contributed by atoms with Crippen molar-refractivity contribution in [3.05, 3.63) is 82.6 Å². The van der Waals surface area contributed by atoms with E-state index in [1.54, 1.807) is 0 Å². The maximum Gasteiger partial charge on any atom is 0.429 e. The van der Waals surface area contributed by atoms with E-state index in [0.29, 0.717) is 29.2 Å². The number of benzene rings is 2. The molecule has 0 aliphatic heterocycles. The minimum Gasteiger partial charge on any atom is -0.429 e. The molecular formula is C28H30F6O. The summed E-state index contributed by atoms with van der Waals surface area (Å²) in [5.41, 5.74) is 1.15. The Bertz CT molecular complexity index is 1040. The van der Waals surface area contributed by atoms with E-state index in [9.17, 15) is 26.3 Å². The summed E-state index contributed by atoms with van der Waals surface area (Å²) < 4.78 is 89.6. The van der Waals surface area contributed by atoms with Gasteiger partial charge in [-0.1, -0.05) is 49.6 Å². The van der Waals surface area contributed by atoms with Crippen LogP contribution in [0, 0.1) is 12.7 Å². The predicted molar refractivity (Wildman–Crippen MR) is 126 cm³/mol. The van der Waals surface area contributed by atoms with Gasteiger partial charge in [0, 0.05) is 6.08 Å². The lowest BCUT2D eigenvalue weighted by atomic mass is 9.83. The molecule has 1 aliphatic rings. The Morgan fingerprint density at radius 1 is 1.00 bits per heavy atom. The van der Waals surface area contributed by atoms with Crippen LogP contribution in [0.25, 0.3) is 11.1 Å². The first-order chi connectivity index (χ1) is 16.5. The fourth-order valence-corrected chi connectivity index (χ4v) is 4.45. The molecule has 7 heteroatoms. The van der Waals surface area contributed by atoms with Gasteiger partial charge in [-0.15, -0.1) is 0 Å². The highest BCUT2D eigenvalue weighted by Gasteiger charge is 2.40.